The van der Waals surface area contributed by atoms with E-state index in [2.05, 4.69) is 57.2 Å². The van der Waals surface area contributed by atoms with Crippen molar-refractivity contribution in [3.63, 3.8) is 0 Å². The molecule has 0 aliphatic rings. The van der Waals surface area contributed by atoms with Gasteiger partial charge in [-0.1, -0.05) is 56.7 Å². The summed E-state index contributed by atoms with van der Waals surface area (Å²) >= 11 is 0. The standard InChI is InChI=1S/C16H24/c1-4-7-9-15(6-3)16-12-10-14(8-5-2)11-13-16/h4,7,10-13,15H,5-6,8-9H2,1-3H3/b7-4-. The second kappa shape index (κ2) is 7.27. The van der Waals surface area contributed by atoms with E-state index in [0.717, 1.165) is 0 Å². The molecule has 0 heterocycles. The molecule has 0 aliphatic heterocycles. The molecular weight excluding hydrogens is 192 g/mol. The summed E-state index contributed by atoms with van der Waals surface area (Å²) in [6.45, 7) is 6.60. The maximum atomic E-state index is 2.31. The van der Waals surface area contributed by atoms with Crippen molar-refractivity contribution in [1.82, 2.24) is 0 Å². The number of hydrogen-bond donors (Lipinski definition) is 0. The number of rotatable bonds is 6. The minimum Gasteiger partial charge on any atom is -0.0916 e. The van der Waals surface area contributed by atoms with Crippen LogP contribution in [0.2, 0.25) is 0 Å². The summed E-state index contributed by atoms with van der Waals surface area (Å²) in [5, 5.41) is 0. The fraction of sp³-hybridized carbons (Fsp3) is 0.500. The molecule has 1 unspecified atom stereocenters. The summed E-state index contributed by atoms with van der Waals surface area (Å²) in [6.07, 6.45) is 9.24. The average molecular weight is 216 g/mol. The Morgan fingerprint density at radius 2 is 1.81 bits per heavy atom. The molecule has 1 rings (SSSR count). The molecule has 0 bridgehead atoms. The molecule has 0 radical (unpaired) electrons. The third kappa shape index (κ3) is 3.84. The lowest BCUT2D eigenvalue weighted by atomic mass is 9.92. The number of benzene rings is 1. The van der Waals surface area contributed by atoms with Crippen molar-refractivity contribution in [2.24, 2.45) is 0 Å². The second-order valence-corrected chi connectivity index (χ2v) is 4.40. The van der Waals surface area contributed by atoms with Gasteiger partial charge in [-0.15, -0.1) is 0 Å². The van der Waals surface area contributed by atoms with Crippen molar-refractivity contribution in [2.75, 3.05) is 0 Å². The van der Waals surface area contributed by atoms with E-state index in [-0.39, 0.29) is 0 Å². The predicted octanol–water partition coefficient (Wildman–Crippen LogP) is 5.10. The van der Waals surface area contributed by atoms with Crippen LogP contribution in [0.4, 0.5) is 0 Å². The normalized spacial score (nSPS) is 13.2. The molecule has 0 aliphatic carbocycles. The third-order valence-electron chi connectivity index (χ3n) is 3.14. The van der Waals surface area contributed by atoms with E-state index in [1.54, 1.807) is 0 Å². The monoisotopic (exact) mass is 216 g/mol. The molecule has 0 N–H and O–H groups in total. The lowest BCUT2D eigenvalue weighted by Crippen LogP contribution is -1.96. The topological polar surface area (TPSA) is 0 Å². The Morgan fingerprint density at radius 3 is 2.31 bits per heavy atom. The van der Waals surface area contributed by atoms with Crippen molar-refractivity contribution >= 4 is 0 Å². The van der Waals surface area contributed by atoms with Crippen LogP contribution in [-0.2, 0) is 6.42 Å². The summed E-state index contributed by atoms with van der Waals surface area (Å²) in [5.74, 6) is 0.687. The van der Waals surface area contributed by atoms with Crippen molar-refractivity contribution in [2.45, 2.75) is 52.4 Å². The zero-order valence-electron chi connectivity index (χ0n) is 10.9. The maximum Gasteiger partial charge on any atom is -0.0130 e. The zero-order chi connectivity index (χ0) is 11.8. The summed E-state index contributed by atoms with van der Waals surface area (Å²) in [5.41, 5.74) is 2.95. The fourth-order valence-electron chi connectivity index (χ4n) is 2.08. The fourth-order valence-corrected chi connectivity index (χ4v) is 2.08. The van der Waals surface area contributed by atoms with Crippen LogP contribution in [0, 0.1) is 0 Å². The lowest BCUT2D eigenvalue weighted by Gasteiger charge is -2.13. The highest BCUT2D eigenvalue weighted by atomic mass is 14.1. The van der Waals surface area contributed by atoms with Crippen molar-refractivity contribution < 1.29 is 0 Å². The Balaban J connectivity index is 2.69. The van der Waals surface area contributed by atoms with Gasteiger partial charge in [-0.05, 0) is 43.2 Å². The van der Waals surface area contributed by atoms with E-state index in [0.29, 0.717) is 5.92 Å². The van der Waals surface area contributed by atoms with Crippen LogP contribution in [0.1, 0.15) is 57.1 Å². The molecule has 0 nitrogen and oxygen atoms in total. The predicted molar refractivity (Wildman–Crippen MR) is 72.9 cm³/mol. The van der Waals surface area contributed by atoms with Crippen LogP contribution in [0.25, 0.3) is 0 Å². The van der Waals surface area contributed by atoms with Crippen molar-refractivity contribution in [1.29, 1.82) is 0 Å². The largest absolute Gasteiger partial charge is 0.0916 e. The van der Waals surface area contributed by atoms with Gasteiger partial charge in [0.25, 0.3) is 0 Å². The van der Waals surface area contributed by atoms with Gasteiger partial charge in [-0.25, -0.2) is 0 Å². The first-order valence-electron chi connectivity index (χ1n) is 6.51. The van der Waals surface area contributed by atoms with Crippen LogP contribution in [0.5, 0.6) is 0 Å². The molecule has 0 fully saturated rings. The minimum atomic E-state index is 0.687. The van der Waals surface area contributed by atoms with Crippen LogP contribution in [0.3, 0.4) is 0 Å². The molecule has 0 aromatic heterocycles. The smallest absolute Gasteiger partial charge is 0.0130 e. The van der Waals surface area contributed by atoms with E-state index in [4.69, 9.17) is 0 Å². The summed E-state index contributed by atoms with van der Waals surface area (Å²) in [7, 11) is 0. The quantitative estimate of drug-likeness (QED) is 0.580. The molecule has 1 aromatic carbocycles. The van der Waals surface area contributed by atoms with Crippen molar-refractivity contribution in [3.8, 4) is 0 Å². The van der Waals surface area contributed by atoms with Gasteiger partial charge in [-0.2, -0.15) is 0 Å². The maximum absolute atomic E-state index is 2.31. The molecular formula is C16H24. The highest BCUT2D eigenvalue weighted by Gasteiger charge is 2.06. The molecule has 0 saturated carbocycles. The highest BCUT2D eigenvalue weighted by Crippen LogP contribution is 2.24. The third-order valence-corrected chi connectivity index (χ3v) is 3.14. The number of allylic oxidation sites excluding steroid dienone is 2. The van der Waals surface area contributed by atoms with Crippen LogP contribution in [0.15, 0.2) is 36.4 Å². The molecule has 16 heavy (non-hydrogen) atoms. The van der Waals surface area contributed by atoms with E-state index < -0.39 is 0 Å². The Labute approximate surface area is 100 Å². The molecule has 0 amide bonds. The van der Waals surface area contributed by atoms with Gasteiger partial charge in [0.2, 0.25) is 0 Å². The van der Waals surface area contributed by atoms with Crippen LogP contribution >= 0.6 is 0 Å². The first-order chi connectivity index (χ1) is 7.81. The van der Waals surface area contributed by atoms with Gasteiger partial charge in [0.05, 0.1) is 0 Å². The van der Waals surface area contributed by atoms with E-state index >= 15 is 0 Å². The Hall–Kier alpha value is -1.04. The van der Waals surface area contributed by atoms with Gasteiger partial charge < -0.3 is 0 Å². The summed E-state index contributed by atoms with van der Waals surface area (Å²) in [6, 6.07) is 9.19. The van der Waals surface area contributed by atoms with Gasteiger partial charge >= 0.3 is 0 Å². The molecule has 0 heteroatoms. The SMILES string of the molecule is C/C=C\CC(CC)c1ccc(CCC)cc1. The summed E-state index contributed by atoms with van der Waals surface area (Å²) < 4.78 is 0. The van der Waals surface area contributed by atoms with Crippen molar-refractivity contribution in [3.05, 3.63) is 47.5 Å². The number of hydrogen-bond acceptors (Lipinski definition) is 0. The second-order valence-electron chi connectivity index (χ2n) is 4.40. The first-order valence-corrected chi connectivity index (χ1v) is 6.51. The average Bonchev–Trinajstić information content (AvgIpc) is 2.32. The Morgan fingerprint density at radius 1 is 1.12 bits per heavy atom. The van der Waals surface area contributed by atoms with Gasteiger partial charge in [0.15, 0.2) is 0 Å². The van der Waals surface area contributed by atoms with E-state index in [9.17, 15) is 0 Å². The minimum absolute atomic E-state index is 0.687. The molecule has 0 spiro atoms. The lowest BCUT2D eigenvalue weighted by molar-refractivity contribution is 0.673. The Bertz CT molecular complexity index is 305. The number of aryl methyl sites for hydroxylation is 1. The van der Waals surface area contributed by atoms with Gasteiger partial charge in [0.1, 0.15) is 0 Å². The van der Waals surface area contributed by atoms with Crippen LogP contribution in [-0.4, -0.2) is 0 Å². The van der Waals surface area contributed by atoms with Gasteiger partial charge in [0, 0.05) is 0 Å². The van der Waals surface area contributed by atoms with E-state index in [1.807, 2.05) is 0 Å². The zero-order valence-corrected chi connectivity index (χ0v) is 10.9. The van der Waals surface area contributed by atoms with Gasteiger partial charge in [-0.3, -0.25) is 0 Å². The first kappa shape index (κ1) is 13.0. The highest BCUT2D eigenvalue weighted by molar-refractivity contribution is 5.26. The molecule has 88 valence electrons. The molecule has 1 aromatic rings. The van der Waals surface area contributed by atoms with Crippen LogP contribution < -0.4 is 0 Å². The van der Waals surface area contributed by atoms with E-state index in [1.165, 1.54) is 36.8 Å². The molecule has 1 atom stereocenters. The molecule has 0 saturated heterocycles. The summed E-state index contributed by atoms with van der Waals surface area (Å²) in [4.78, 5) is 0. The Kier molecular flexibility index (Phi) is 5.92.